The quantitative estimate of drug-likeness (QED) is 0.546. The van der Waals surface area contributed by atoms with Crippen LogP contribution in [0.2, 0.25) is 0 Å². The topological polar surface area (TPSA) is 33.0 Å². The molecule has 0 aliphatic heterocycles. The van der Waals surface area contributed by atoms with Crippen LogP contribution in [0.5, 0.6) is 0 Å². The smallest absolute Gasteiger partial charge is 0.0621 e. The van der Waals surface area contributed by atoms with Crippen LogP contribution in [0.25, 0.3) is 0 Å². The van der Waals surface area contributed by atoms with E-state index in [1.807, 2.05) is 0 Å². The van der Waals surface area contributed by atoms with Crippen molar-refractivity contribution in [3.63, 3.8) is 0 Å². The SMILES string of the molecule is N#CCCCCOCCC1CC1. The number of unbranched alkanes of at least 4 members (excludes halogenated alkanes) is 2. The summed E-state index contributed by atoms with van der Waals surface area (Å²) in [6.45, 7) is 1.77. The monoisotopic (exact) mass is 167 g/mol. The van der Waals surface area contributed by atoms with Crippen molar-refractivity contribution in [3.8, 4) is 6.07 Å². The highest BCUT2D eigenvalue weighted by Crippen LogP contribution is 2.32. The fraction of sp³-hybridized carbons (Fsp3) is 0.900. The van der Waals surface area contributed by atoms with E-state index >= 15 is 0 Å². The minimum absolute atomic E-state index is 0.673. The van der Waals surface area contributed by atoms with Gasteiger partial charge in [-0.1, -0.05) is 12.8 Å². The minimum atomic E-state index is 0.673. The minimum Gasteiger partial charge on any atom is -0.381 e. The van der Waals surface area contributed by atoms with Crippen molar-refractivity contribution < 1.29 is 4.74 Å². The Morgan fingerprint density at radius 1 is 1.25 bits per heavy atom. The van der Waals surface area contributed by atoms with Gasteiger partial charge >= 0.3 is 0 Å². The lowest BCUT2D eigenvalue weighted by Crippen LogP contribution is -1.97. The van der Waals surface area contributed by atoms with Gasteiger partial charge in [0.25, 0.3) is 0 Å². The van der Waals surface area contributed by atoms with Gasteiger partial charge in [0.05, 0.1) is 6.07 Å². The molecule has 0 aromatic rings. The average molecular weight is 167 g/mol. The van der Waals surface area contributed by atoms with Gasteiger partial charge in [-0.3, -0.25) is 0 Å². The Morgan fingerprint density at radius 3 is 2.75 bits per heavy atom. The van der Waals surface area contributed by atoms with Crippen molar-refractivity contribution in [2.75, 3.05) is 13.2 Å². The van der Waals surface area contributed by atoms with E-state index in [1.54, 1.807) is 0 Å². The fourth-order valence-corrected chi connectivity index (χ4v) is 1.17. The molecule has 1 saturated carbocycles. The van der Waals surface area contributed by atoms with Crippen LogP contribution in [0.15, 0.2) is 0 Å². The van der Waals surface area contributed by atoms with Crippen LogP contribution in [0.1, 0.15) is 38.5 Å². The van der Waals surface area contributed by atoms with E-state index in [9.17, 15) is 0 Å². The van der Waals surface area contributed by atoms with Crippen molar-refractivity contribution in [1.29, 1.82) is 5.26 Å². The van der Waals surface area contributed by atoms with E-state index in [1.165, 1.54) is 19.3 Å². The lowest BCUT2D eigenvalue weighted by molar-refractivity contribution is 0.125. The van der Waals surface area contributed by atoms with Gasteiger partial charge in [-0.2, -0.15) is 5.26 Å². The van der Waals surface area contributed by atoms with Crippen LogP contribution < -0.4 is 0 Å². The number of ether oxygens (including phenoxy) is 1. The van der Waals surface area contributed by atoms with E-state index in [-0.39, 0.29) is 0 Å². The van der Waals surface area contributed by atoms with E-state index < -0.39 is 0 Å². The summed E-state index contributed by atoms with van der Waals surface area (Å²) in [4.78, 5) is 0. The van der Waals surface area contributed by atoms with Crippen LogP contribution in [-0.2, 0) is 4.74 Å². The Balaban J connectivity index is 1.68. The largest absolute Gasteiger partial charge is 0.381 e. The molecule has 0 aromatic carbocycles. The van der Waals surface area contributed by atoms with E-state index in [0.717, 1.165) is 32.0 Å². The molecule has 2 nitrogen and oxygen atoms in total. The van der Waals surface area contributed by atoms with Gasteiger partial charge in [-0.05, 0) is 25.2 Å². The molecule has 1 fully saturated rings. The Bertz CT molecular complexity index is 146. The summed E-state index contributed by atoms with van der Waals surface area (Å²) in [6, 6.07) is 2.13. The van der Waals surface area contributed by atoms with E-state index in [0.29, 0.717) is 6.42 Å². The molecule has 0 heterocycles. The summed E-state index contributed by atoms with van der Waals surface area (Å²) in [5.74, 6) is 0.976. The molecule has 1 aliphatic rings. The maximum absolute atomic E-state index is 8.26. The van der Waals surface area contributed by atoms with Crippen molar-refractivity contribution in [2.45, 2.75) is 38.5 Å². The molecule has 1 aliphatic carbocycles. The van der Waals surface area contributed by atoms with Gasteiger partial charge in [0, 0.05) is 19.6 Å². The lowest BCUT2D eigenvalue weighted by Gasteiger charge is -2.01. The van der Waals surface area contributed by atoms with Gasteiger partial charge in [0.2, 0.25) is 0 Å². The predicted molar refractivity (Wildman–Crippen MR) is 47.6 cm³/mol. The number of nitriles is 1. The number of hydrogen-bond donors (Lipinski definition) is 0. The highest BCUT2D eigenvalue weighted by Gasteiger charge is 2.20. The first kappa shape index (κ1) is 9.54. The Labute approximate surface area is 74.5 Å². The Hall–Kier alpha value is -0.550. The van der Waals surface area contributed by atoms with E-state index in [4.69, 9.17) is 10.00 Å². The third-order valence-electron chi connectivity index (χ3n) is 2.19. The van der Waals surface area contributed by atoms with Gasteiger partial charge in [0.15, 0.2) is 0 Å². The van der Waals surface area contributed by atoms with Gasteiger partial charge < -0.3 is 4.74 Å². The molecule has 0 amide bonds. The summed E-state index contributed by atoms with van der Waals surface area (Å²) in [5.41, 5.74) is 0. The van der Waals surface area contributed by atoms with Gasteiger partial charge in [-0.15, -0.1) is 0 Å². The summed E-state index contributed by atoms with van der Waals surface area (Å²) in [5, 5.41) is 8.26. The van der Waals surface area contributed by atoms with Gasteiger partial charge in [0.1, 0.15) is 0 Å². The summed E-state index contributed by atoms with van der Waals surface area (Å²) >= 11 is 0. The molecule has 2 heteroatoms. The third-order valence-corrected chi connectivity index (χ3v) is 2.19. The lowest BCUT2D eigenvalue weighted by atomic mass is 10.2. The van der Waals surface area contributed by atoms with Crippen molar-refractivity contribution >= 4 is 0 Å². The number of hydrogen-bond acceptors (Lipinski definition) is 2. The normalized spacial score (nSPS) is 15.9. The maximum Gasteiger partial charge on any atom is 0.0621 e. The van der Waals surface area contributed by atoms with Crippen molar-refractivity contribution in [1.82, 2.24) is 0 Å². The number of rotatable bonds is 7. The van der Waals surface area contributed by atoms with Crippen LogP contribution in [-0.4, -0.2) is 13.2 Å². The van der Waals surface area contributed by atoms with Crippen LogP contribution in [0.4, 0.5) is 0 Å². The molecule has 0 spiro atoms. The molecular formula is C10H17NO. The van der Waals surface area contributed by atoms with Crippen molar-refractivity contribution in [2.24, 2.45) is 5.92 Å². The molecule has 0 unspecified atom stereocenters. The molecule has 0 bridgehead atoms. The van der Waals surface area contributed by atoms with Crippen LogP contribution in [0, 0.1) is 17.2 Å². The molecule has 1 rings (SSSR count). The first-order chi connectivity index (χ1) is 5.93. The summed E-state index contributed by atoms with van der Waals surface area (Å²) in [6.07, 6.45) is 6.78. The maximum atomic E-state index is 8.26. The summed E-state index contributed by atoms with van der Waals surface area (Å²) < 4.78 is 5.42. The molecule has 0 aromatic heterocycles. The molecular weight excluding hydrogens is 150 g/mol. The van der Waals surface area contributed by atoms with Crippen molar-refractivity contribution in [3.05, 3.63) is 0 Å². The molecule has 0 N–H and O–H groups in total. The Kier molecular flexibility index (Phi) is 4.79. The zero-order valence-corrected chi connectivity index (χ0v) is 7.59. The average Bonchev–Trinajstić information content (AvgIpc) is 2.87. The second-order valence-electron chi connectivity index (χ2n) is 3.46. The second kappa shape index (κ2) is 6.02. The zero-order valence-electron chi connectivity index (χ0n) is 7.59. The highest BCUT2D eigenvalue weighted by atomic mass is 16.5. The highest BCUT2D eigenvalue weighted by molar-refractivity contribution is 4.72. The zero-order chi connectivity index (χ0) is 8.65. The molecule has 0 radical (unpaired) electrons. The predicted octanol–water partition coefficient (Wildman–Crippen LogP) is 2.50. The first-order valence-electron chi connectivity index (χ1n) is 4.88. The van der Waals surface area contributed by atoms with Crippen LogP contribution >= 0.6 is 0 Å². The fourth-order valence-electron chi connectivity index (χ4n) is 1.17. The Morgan fingerprint density at radius 2 is 2.08 bits per heavy atom. The van der Waals surface area contributed by atoms with Crippen LogP contribution in [0.3, 0.4) is 0 Å². The standard InChI is InChI=1S/C10H17NO/c11-7-2-1-3-8-12-9-6-10-4-5-10/h10H,1-6,8-9H2. The number of nitrogens with zero attached hydrogens (tertiary/aromatic N) is 1. The first-order valence-corrected chi connectivity index (χ1v) is 4.88. The summed E-state index contributed by atoms with van der Waals surface area (Å²) in [7, 11) is 0. The van der Waals surface area contributed by atoms with E-state index in [2.05, 4.69) is 6.07 Å². The molecule has 68 valence electrons. The third kappa shape index (κ3) is 5.15. The molecule has 0 saturated heterocycles. The molecule has 0 atom stereocenters. The second-order valence-corrected chi connectivity index (χ2v) is 3.46. The van der Waals surface area contributed by atoms with Gasteiger partial charge in [-0.25, -0.2) is 0 Å². The molecule has 12 heavy (non-hydrogen) atoms.